The van der Waals surface area contributed by atoms with Crippen LogP contribution in [0.4, 0.5) is 0 Å². The van der Waals surface area contributed by atoms with Crippen LogP contribution in [0.25, 0.3) is 127 Å². The minimum Gasteiger partial charge on any atom is -0.456 e. The largest absolute Gasteiger partial charge is 0.456 e. The summed E-state index contributed by atoms with van der Waals surface area (Å²) in [7, 11) is 0. The fraction of sp³-hybridized carbons (Fsp3) is 0. The van der Waals surface area contributed by atoms with Crippen LogP contribution in [0.15, 0.2) is 199 Å². The molecule has 0 aliphatic carbocycles. The highest BCUT2D eigenvalue weighted by Crippen LogP contribution is 2.41. The summed E-state index contributed by atoms with van der Waals surface area (Å²) >= 11 is 0. The summed E-state index contributed by atoms with van der Waals surface area (Å²) in [4.78, 5) is 15.1. The third kappa shape index (κ3) is 5.09. The normalized spacial score (nSPS) is 12.0. The minimum atomic E-state index is 0.591. The Bertz CT molecular complexity index is 3810. The van der Waals surface area contributed by atoms with Crippen molar-refractivity contribution in [3.8, 4) is 39.9 Å². The van der Waals surface area contributed by atoms with Gasteiger partial charge < -0.3 is 8.98 Å². The lowest BCUT2D eigenvalue weighted by atomic mass is 10.0. The summed E-state index contributed by atoms with van der Waals surface area (Å²) < 4.78 is 9.12. The minimum absolute atomic E-state index is 0.591. The van der Waals surface area contributed by atoms with Gasteiger partial charge in [-0.1, -0.05) is 133 Å². The lowest BCUT2D eigenvalue weighted by molar-refractivity contribution is 0.669. The van der Waals surface area contributed by atoms with Crippen molar-refractivity contribution in [3.63, 3.8) is 0 Å². The molecule has 0 amide bonds. The molecule has 0 fully saturated rings. The second kappa shape index (κ2) is 12.7. The zero-order valence-corrected chi connectivity index (χ0v) is 32.2. The summed E-state index contributed by atoms with van der Waals surface area (Å²) in [6.45, 7) is 0. The topological polar surface area (TPSA) is 56.7 Å². The second-order valence-corrected chi connectivity index (χ2v) is 15.7. The Balaban J connectivity index is 0.998. The Hall–Kier alpha value is -8.15. The standard InChI is InChI=1S/C55H32N4O/c1-2-11-35(12-3-1)53-56-54(41-19-18-33-10-4-5-13-36(33)26-41)58-55(57-53)42-21-24-44-51(31-42)60-50-25-22-34-20-23-43(32-45(34)52(44)50)59-48-29-39-16-8-6-14-37(39)27-46(48)47-28-38-15-7-9-17-40(38)30-49(47)59/h1-32H. The average Bonchev–Trinajstić information content (AvgIpc) is 3.84. The SMILES string of the molecule is c1ccc(-c2nc(-c3ccc4ccccc4c3)nc(-c3ccc4c(c3)oc3ccc5ccc(-n6c7cc8ccccc8cc7c7cc8ccccc8cc76)cc5c34)n2)cc1. The molecular formula is C55H32N4O. The molecule has 0 saturated carbocycles. The number of benzene rings is 10. The van der Waals surface area contributed by atoms with E-state index in [1.54, 1.807) is 0 Å². The molecule has 5 heteroatoms. The van der Waals surface area contributed by atoms with Gasteiger partial charge in [0, 0.05) is 43.9 Å². The van der Waals surface area contributed by atoms with Gasteiger partial charge in [-0.15, -0.1) is 0 Å². The second-order valence-electron chi connectivity index (χ2n) is 15.7. The maximum absolute atomic E-state index is 6.69. The predicted molar refractivity (Wildman–Crippen MR) is 248 cm³/mol. The van der Waals surface area contributed by atoms with Crippen LogP contribution < -0.4 is 0 Å². The Labute approximate surface area is 343 Å². The summed E-state index contributed by atoms with van der Waals surface area (Å²) in [5, 5.41) is 14.1. The van der Waals surface area contributed by atoms with Crippen molar-refractivity contribution in [2.24, 2.45) is 0 Å². The molecule has 0 bridgehead atoms. The number of fused-ring (bicyclic) bond motifs is 11. The van der Waals surface area contributed by atoms with Crippen LogP contribution in [0.1, 0.15) is 0 Å². The Morgan fingerprint density at radius 3 is 1.50 bits per heavy atom. The van der Waals surface area contributed by atoms with E-state index in [2.05, 4.69) is 168 Å². The molecule has 0 aliphatic rings. The van der Waals surface area contributed by atoms with Gasteiger partial charge in [-0.3, -0.25) is 0 Å². The highest BCUT2D eigenvalue weighted by molar-refractivity contribution is 6.20. The molecule has 0 radical (unpaired) electrons. The maximum Gasteiger partial charge on any atom is 0.164 e. The molecule has 0 saturated heterocycles. The predicted octanol–water partition coefficient (Wildman–Crippen LogP) is 14.5. The zero-order valence-electron chi connectivity index (χ0n) is 32.2. The van der Waals surface area contributed by atoms with Crippen molar-refractivity contribution >= 4 is 86.8 Å². The fourth-order valence-corrected chi connectivity index (χ4v) is 9.21. The van der Waals surface area contributed by atoms with E-state index in [-0.39, 0.29) is 0 Å². The quantitative estimate of drug-likeness (QED) is 0.179. The molecule has 3 aromatic heterocycles. The molecule has 60 heavy (non-hydrogen) atoms. The molecular weight excluding hydrogens is 733 g/mol. The third-order valence-electron chi connectivity index (χ3n) is 12.1. The van der Waals surface area contributed by atoms with Crippen LogP contribution in [0, 0.1) is 0 Å². The van der Waals surface area contributed by atoms with E-state index in [4.69, 9.17) is 19.4 Å². The van der Waals surface area contributed by atoms with Gasteiger partial charge in [0.15, 0.2) is 17.5 Å². The van der Waals surface area contributed by atoms with E-state index in [1.807, 2.05) is 30.3 Å². The summed E-state index contributed by atoms with van der Waals surface area (Å²) in [6, 6.07) is 68.8. The van der Waals surface area contributed by atoms with Crippen LogP contribution in [0.3, 0.4) is 0 Å². The number of rotatable bonds is 4. The average molecular weight is 765 g/mol. The molecule has 5 nitrogen and oxygen atoms in total. The zero-order chi connectivity index (χ0) is 39.3. The van der Waals surface area contributed by atoms with Gasteiger partial charge in [-0.2, -0.15) is 0 Å². The Morgan fingerprint density at radius 2 is 0.833 bits per heavy atom. The van der Waals surface area contributed by atoms with Gasteiger partial charge in [0.2, 0.25) is 0 Å². The Morgan fingerprint density at radius 1 is 0.317 bits per heavy atom. The first kappa shape index (κ1) is 32.9. The van der Waals surface area contributed by atoms with E-state index in [0.29, 0.717) is 17.5 Å². The van der Waals surface area contributed by atoms with Crippen LogP contribution in [0.2, 0.25) is 0 Å². The number of nitrogens with zero attached hydrogens (tertiary/aromatic N) is 4. The van der Waals surface area contributed by atoms with Gasteiger partial charge >= 0.3 is 0 Å². The van der Waals surface area contributed by atoms with Crippen LogP contribution in [0.5, 0.6) is 0 Å². The van der Waals surface area contributed by atoms with Crippen molar-refractivity contribution in [3.05, 3.63) is 194 Å². The molecule has 0 unspecified atom stereocenters. The monoisotopic (exact) mass is 764 g/mol. The summed E-state index contributed by atoms with van der Waals surface area (Å²) in [5.74, 6) is 1.84. The highest BCUT2D eigenvalue weighted by Gasteiger charge is 2.19. The van der Waals surface area contributed by atoms with Crippen LogP contribution in [-0.4, -0.2) is 19.5 Å². The van der Waals surface area contributed by atoms with Gasteiger partial charge in [-0.05, 0) is 104 Å². The number of hydrogen-bond donors (Lipinski definition) is 0. The summed E-state index contributed by atoms with van der Waals surface area (Å²) in [5.41, 5.74) is 7.81. The fourth-order valence-electron chi connectivity index (χ4n) is 9.21. The molecule has 3 heterocycles. The first-order valence-corrected chi connectivity index (χ1v) is 20.2. The van der Waals surface area contributed by atoms with Gasteiger partial charge in [-0.25, -0.2) is 15.0 Å². The van der Waals surface area contributed by atoms with Gasteiger partial charge in [0.25, 0.3) is 0 Å². The molecule has 13 aromatic rings. The summed E-state index contributed by atoms with van der Waals surface area (Å²) in [6.07, 6.45) is 0. The maximum atomic E-state index is 6.69. The molecule has 0 atom stereocenters. The van der Waals surface area contributed by atoms with Crippen molar-refractivity contribution in [1.82, 2.24) is 19.5 Å². The van der Waals surface area contributed by atoms with Gasteiger partial charge in [0.05, 0.1) is 11.0 Å². The molecule has 0 spiro atoms. The number of aromatic nitrogens is 4. The highest BCUT2D eigenvalue weighted by atomic mass is 16.3. The van der Waals surface area contributed by atoms with Gasteiger partial charge in [0.1, 0.15) is 11.2 Å². The third-order valence-corrected chi connectivity index (χ3v) is 12.1. The van der Waals surface area contributed by atoms with E-state index in [0.717, 1.165) is 60.5 Å². The van der Waals surface area contributed by atoms with E-state index in [1.165, 1.54) is 48.7 Å². The first-order chi connectivity index (χ1) is 29.7. The molecule has 10 aromatic carbocycles. The molecule has 0 N–H and O–H groups in total. The van der Waals surface area contributed by atoms with E-state index >= 15 is 0 Å². The molecule has 0 aliphatic heterocycles. The van der Waals surface area contributed by atoms with Crippen molar-refractivity contribution < 1.29 is 4.42 Å². The lowest BCUT2D eigenvalue weighted by Crippen LogP contribution is -2.00. The Kier molecular flexibility index (Phi) is 6.95. The lowest BCUT2D eigenvalue weighted by Gasteiger charge is -2.11. The number of hydrogen-bond acceptors (Lipinski definition) is 4. The van der Waals surface area contributed by atoms with Crippen molar-refractivity contribution in [2.75, 3.05) is 0 Å². The molecule has 278 valence electrons. The number of furan rings is 1. The van der Waals surface area contributed by atoms with Crippen LogP contribution >= 0.6 is 0 Å². The smallest absolute Gasteiger partial charge is 0.164 e. The molecule has 13 rings (SSSR count). The first-order valence-electron chi connectivity index (χ1n) is 20.2. The van der Waals surface area contributed by atoms with Crippen molar-refractivity contribution in [1.29, 1.82) is 0 Å². The van der Waals surface area contributed by atoms with Crippen molar-refractivity contribution in [2.45, 2.75) is 0 Å². The van der Waals surface area contributed by atoms with E-state index < -0.39 is 0 Å². The van der Waals surface area contributed by atoms with Crippen LogP contribution in [-0.2, 0) is 0 Å². The van der Waals surface area contributed by atoms with E-state index in [9.17, 15) is 0 Å².